The number of ketones is 1. The highest BCUT2D eigenvalue weighted by Gasteiger charge is 2.41. The van der Waals surface area contributed by atoms with Gasteiger partial charge in [-0.25, -0.2) is 4.79 Å². The van der Waals surface area contributed by atoms with Crippen LogP contribution in [0.15, 0.2) is 0 Å². The van der Waals surface area contributed by atoms with E-state index in [-0.39, 0.29) is 12.4 Å². The van der Waals surface area contributed by atoms with Gasteiger partial charge in [0.15, 0.2) is 5.78 Å². The molecule has 14 heavy (non-hydrogen) atoms. The molecule has 0 N–H and O–H groups in total. The van der Waals surface area contributed by atoms with Crippen molar-refractivity contribution in [2.24, 2.45) is 0 Å². The summed E-state index contributed by atoms with van der Waals surface area (Å²) in [6.07, 6.45) is 1.01. The summed E-state index contributed by atoms with van der Waals surface area (Å²) in [5.74, 6) is -0.845. The molecule has 0 saturated heterocycles. The number of Topliss-reactive ketones (excluding diaryl/α,β-unsaturated/α-hetero) is 1. The summed E-state index contributed by atoms with van der Waals surface area (Å²) in [7, 11) is 1.34. The van der Waals surface area contributed by atoms with Gasteiger partial charge < -0.3 is 9.47 Å². The fraction of sp³-hybridized carbons (Fsp3) is 0.800. The fourth-order valence-corrected chi connectivity index (χ4v) is 1.05. The molecule has 4 nitrogen and oxygen atoms in total. The lowest BCUT2D eigenvalue weighted by molar-refractivity contribution is -0.171. The zero-order chi connectivity index (χ0) is 11.2. The average molecular weight is 202 g/mol. The van der Waals surface area contributed by atoms with E-state index in [1.807, 2.05) is 6.92 Å². The van der Waals surface area contributed by atoms with Gasteiger partial charge >= 0.3 is 5.97 Å². The molecule has 0 amide bonds. The van der Waals surface area contributed by atoms with Gasteiger partial charge in [0.25, 0.3) is 0 Å². The Balaban J connectivity index is 4.60. The number of methoxy groups -OCH3 is 1. The van der Waals surface area contributed by atoms with E-state index in [0.29, 0.717) is 12.8 Å². The molecule has 0 aliphatic carbocycles. The number of carbonyl (C=O) groups excluding carboxylic acids is 2. The third-order valence-electron chi connectivity index (χ3n) is 2.08. The molecule has 0 aromatic rings. The quantitative estimate of drug-likeness (QED) is 0.481. The molecule has 0 radical (unpaired) electrons. The molecule has 82 valence electrons. The fourth-order valence-electron chi connectivity index (χ4n) is 1.05. The number of ether oxygens (including phenoxy) is 2. The van der Waals surface area contributed by atoms with Gasteiger partial charge in [0, 0.05) is 13.5 Å². The summed E-state index contributed by atoms with van der Waals surface area (Å²) < 4.78 is 9.72. The summed E-state index contributed by atoms with van der Waals surface area (Å²) in [5, 5.41) is 0. The van der Waals surface area contributed by atoms with Crippen LogP contribution in [0.25, 0.3) is 0 Å². The molecule has 0 saturated carbocycles. The molecule has 0 spiro atoms. The highest BCUT2D eigenvalue weighted by Crippen LogP contribution is 2.16. The largest absolute Gasteiger partial charge is 0.464 e. The third-order valence-corrected chi connectivity index (χ3v) is 2.08. The molecule has 1 unspecified atom stereocenters. The van der Waals surface area contributed by atoms with Gasteiger partial charge in [0.05, 0.1) is 6.61 Å². The first-order valence-corrected chi connectivity index (χ1v) is 4.78. The highest BCUT2D eigenvalue weighted by molar-refractivity contribution is 6.06. The van der Waals surface area contributed by atoms with E-state index >= 15 is 0 Å². The van der Waals surface area contributed by atoms with Crippen LogP contribution in [0.2, 0.25) is 0 Å². The highest BCUT2D eigenvalue weighted by atomic mass is 16.6. The van der Waals surface area contributed by atoms with Crippen molar-refractivity contribution in [1.29, 1.82) is 0 Å². The molecule has 0 aliphatic rings. The number of esters is 1. The Morgan fingerprint density at radius 1 is 1.29 bits per heavy atom. The molecule has 0 aliphatic heterocycles. The topological polar surface area (TPSA) is 52.6 Å². The van der Waals surface area contributed by atoms with Crippen molar-refractivity contribution in [3.05, 3.63) is 0 Å². The lowest BCUT2D eigenvalue weighted by Gasteiger charge is -2.23. The summed E-state index contributed by atoms with van der Waals surface area (Å²) in [4.78, 5) is 23.0. The van der Waals surface area contributed by atoms with Gasteiger partial charge in [-0.05, 0) is 20.3 Å². The number of hydrogen-bond donors (Lipinski definition) is 0. The summed E-state index contributed by atoms with van der Waals surface area (Å²) in [6.45, 7) is 5.26. The minimum absolute atomic E-state index is 0.235. The van der Waals surface area contributed by atoms with Crippen LogP contribution in [0.3, 0.4) is 0 Å². The van der Waals surface area contributed by atoms with Crippen molar-refractivity contribution >= 4 is 11.8 Å². The van der Waals surface area contributed by atoms with Crippen molar-refractivity contribution in [2.45, 2.75) is 39.2 Å². The Morgan fingerprint density at radius 3 is 2.21 bits per heavy atom. The van der Waals surface area contributed by atoms with Crippen molar-refractivity contribution in [3.63, 3.8) is 0 Å². The van der Waals surface area contributed by atoms with Crippen LogP contribution in [0.4, 0.5) is 0 Å². The molecule has 0 aromatic carbocycles. The SMILES string of the molecule is CCCC(=O)C(C)(OC)C(=O)OCC. The molecule has 0 heterocycles. The Bertz CT molecular complexity index is 192. The van der Waals surface area contributed by atoms with Crippen molar-refractivity contribution in [3.8, 4) is 0 Å². The number of carbonyl (C=O) groups is 2. The van der Waals surface area contributed by atoms with E-state index in [2.05, 4.69) is 0 Å². The minimum Gasteiger partial charge on any atom is -0.464 e. The van der Waals surface area contributed by atoms with Gasteiger partial charge in [-0.15, -0.1) is 0 Å². The molecule has 0 bridgehead atoms. The van der Waals surface area contributed by atoms with Gasteiger partial charge in [0.1, 0.15) is 0 Å². The maximum atomic E-state index is 11.6. The van der Waals surface area contributed by atoms with Crippen LogP contribution in [0.5, 0.6) is 0 Å². The lowest BCUT2D eigenvalue weighted by Crippen LogP contribution is -2.46. The number of rotatable bonds is 6. The van der Waals surface area contributed by atoms with Crippen LogP contribution in [0, 0.1) is 0 Å². The molecule has 4 heteroatoms. The van der Waals surface area contributed by atoms with Gasteiger partial charge in [-0.3, -0.25) is 4.79 Å². The minimum atomic E-state index is -1.44. The van der Waals surface area contributed by atoms with Crippen LogP contribution >= 0.6 is 0 Å². The monoisotopic (exact) mass is 202 g/mol. The van der Waals surface area contributed by atoms with Crippen LogP contribution in [0.1, 0.15) is 33.6 Å². The number of hydrogen-bond acceptors (Lipinski definition) is 4. The van der Waals surface area contributed by atoms with Crippen LogP contribution in [-0.2, 0) is 19.1 Å². The maximum Gasteiger partial charge on any atom is 0.345 e. The summed E-state index contributed by atoms with van der Waals surface area (Å²) in [5.41, 5.74) is -1.44. The van der Waals surface area contributed by atoms with Crippen molar-refractivity contribution < 1.29 is 19.1 Å². The Labute approximate surface area is 84.6 Å². The van der Waals surface area contributed by atoms with Crippen LogP contribution < -0.4 is 0 Å². The van der Waals surface area contributed by atoms with E-state index in [1.54, 1.807) is 6.92 Å². The molecule has 0 fully saturated rings. The molecular weight excluding hydrogens is 184 g/mol. The molecule has 0 aromatic heterocycles. The molecular formula is C10H18O4. The second-order valence-electron chi connectivity index (χ2n) is 3.13. The van der Waals surface area contributed by atoms with E-state index in [0.717, 1.165) is 0 Å². The second kappa shape index (κ2) is 5.75. The normalized spacial score (nSPS) is 14.6. The second-order valence-corrected chi connectivity index (χ2v) is 3.13. The first-order chi connectivity index (χ1) is 6.52. The molecule has 1 atom stereocenters. The van der Waals surface area contributed by atoms with E-state index in [9.17, 15) is 9.59 Å². The lowest BCUT2D eigenvalue weighted by atomic mass is 9.97. The van der Waals surface area contributed by atoms with Crippen LogP contribution in [-0.4, -0.2) is 31.1 Å². The maximum absolute atomic E-state index is 11.6. The Hall–Kier alpha value is -0.900. The van der Waals surface area contributed by atoms with Crippen molar-refractivity contribution in [1.82, 2.24) is 0 Å². The van der Waals surface area contributed by atoms with E-state index in [4.69, 9.17) is 9.47 Å². The smallest absolute Gasteiger partial charge is 0.345 e. The van der Waals surface area contributed by atoms with E-state index < -0.39 is 11.6 Å². The zero-order valence-electron chi connectivity index (χ0n) is 9.25. The zero-order valence-corrected chi connectivity index (χ0v) is 9.25. The Kier molecular flexibility index (Phi) is 5.38. The summed E-state index contributed by atoms with van der Waals surface area (Å²) in [6, 6.07) is 0. The summed E-state index contributed by atoms with van der Waals surface area (Å²) >= 11 is 0. The average Bonchev–Trinajstić information content (AvgIpc) is 2.17. The standard InChI is InChI=1S/C10H18O4/c1-5-7-8(11)10(3,13-4)9(12)14-6-2/h5-7H2,1-4H3. The Morgan fingerprint density at radius 2 is 1.86 bits per heavy atom. The predicted molar refractivity (Wildman–Crippen MR) is 52.0 cm³/mol. The van der Waals surface area contributed by atoms with Gasteiger partial charge in [-0.1, -0.05) is 6.92 Å². The van der Waals surface area contributed by atoms with Gasteiger partial charge in [0.2, 0.25) is 5.60 Å². The third kappa shape index (κ3) is 2.80. The van der Waals surface area contributed by atoms with Crippen molar-refractivity contribution in [2.75, 3.05) is 13.7 Å². The van der Waals surface area contributed by atoms with Gasteiger partial charge in [-0.2, -0.15) is 0 Å². The molecule has 0 rings (SSSR count). The van der Waals surface area contributed by atoms with E-state index in [1.165, 1.54) is 14.0 Å². The first-order valence-electron chi connectivity index (χ1n) is 4.78. The first kappa shape index (κ1) is 13.1. The predicted octanol–water partition coefficient (Wildman–Crippen LogP) is 1.32.